The lowest BCUT2D eigenvalue weighted by molar-refractivity contribution is -0.119. The van der Waals surface area contributed by atoms with E-state index < -0.39 is 0 Å². The van der Waals surface area contributed by atoms with Crippen molar-refractivity contribution in [1.29, 1.82) is 0 Å². The first kappa shape index (κ1) is 15.7. The molecule has 1 aliphatic heterocycles. The maximum absolute atomic E-state index is 12.1. The fourth-order valence-electron chi connectivity index (χ4n) is 2.83. The van der Waals surface area contributed by atoms with Crippen LogP contribution in [0.1, 0.15) is 12.1 Å². The van der Waals surface area contributed by atoms with Crippen LogP contribution in [0.4, 0.5) is 5.69 Å². The Morgan fingerprint density at radius 2 is 2.16 bits per heavy atom. The highest BCUT2D eigenvalue weighted by Gasteiger charge is 2.23. The van der Waals surface area contributed by atoms with Crippen molar-refractivity contribution in [2.75, 3.05) is 18.5 Å². The molecule has 0 saturated carbocycles. The van der Waals surface area contributed by atoms with Gasteiger partial charge in [-0.15, -0.1) is 0 Å². The minimum atomic E-state index is -0.0500. The van der Waals surface area contributed by atoms with Gasteiger partial charge in [0.05, 0.1) is 18.2 Å². The Balaban J connectivity index is 1.34. The zero-order valence-electron chi connectivity index (χ0n) is 13.7. The van der Waals surface area contributed by atoms with Crippen LogP contribution in [0.25, 0.3) is 5.65 Å². The number of carbonyl (C=O) groups is 1. The Bertz CT molecular complexity index is 834. The van der Waals surface area contributed by atoms with E-state index in [1.165, 1.54) is 0 Å². The van der Waals surface area contributed by atoms with Gasteiger partial charge in [-0.1, -0.05) is 6.07 Å². The summed E-state index contributed by atoms with van der Waals surface area (Å²) in [5, 5.41) is 2.91. The van der Waals surface area contributed by atoms with Crippen molar-refractivity contribution in [2.45, 2.75) is 13.0 Å². The number of imidazole rings is 1. The molecule has 1 aromatic carbocycles. The van der Waals surface area contributed by atoms with Crippen LogP contribution in [0.15, 0.2) is 54.9 Å². The molecule has 6 heteroatoms. The molecule has 1 fully saturated rings. The van der Waals surface area contributed by atoms with Crippen molar-refractivity contribution in [3.63, 3.8) is 0 Å². The van der Waals surface area contributed by atoms with Crippen LogP contribution in [0.3, 0.4) is 0 Å². The molecular formula is C19H19N3O3. The lowest BCUT2D eigenvalue weighted by Gasteiger charge is -2.10. The topological polar surface area (TPSA) is 64.9 Å². The lowest BCUT2D eigenvalue weighted by Crippen LogP contribution is -2.22. The largest absolute Gasteiger partial charge is 0.487 e. The van der Waals surface area contributed by atoms with Gasteiger partial charge in [-0.2, -0.15) is 0 Å². The van der Waals surface area contributed by atoms with E-state index in [0.29, 0.717) is 19.8 Å². The summed E-state index contributed by atoms with van der Waals surface area (Å²) < 4.78 is 13.0. The number of benzene rings is 1. The Morgan fingerprint density at radius 1 is 1.28 bits per heavy atom. The van der Waals surface area contributed by atoms with E-state index in [1.54, 1.807) is 0 Å². The van der Waals surface area contributed by atoms with E-state index in [9.17, 15) is 4.79 Å². The Morgan fingerprint density at radius 3 is 2.92 bits per heavy atom. The number of ether oxygens (including phenoxy) is 2. The SMILES string of the molecule is O=C(Nc1ccc(OCc2cn3ccccc3n2)cc1)[C@@H]1CCOC1. The number of anilines is 1. The van der Waals surface area contributed by atoms with Crippen molar-refractivity contribution in [2.24, 2.45) is 5.92 Å². The first-order valence-electron chi connectivity index (χ1n) is 8.32. The molecule has 0 unspecified atom stereocenters. The standard InChI is InChI=1S/C19H19N3O3/c23-19(14-8-10-24-12-14)21-15-4-6-17(7-5-15)25-13-16-11-22-9-2-1-3-18(22)20-16/h1-7,9,11,14H,8,10,12-13H2,(H,21,23)/t14-/m1/s1. The summed E-state index contributed by atoms with van der Waals surface area (Å²) in [6.45, 7) is 1.56. The zero-order chi connectivity index (χ0) is 17.1. The third kappa shape index (κ3) is 3.64. The fraction of sp³-hybridized carbons (Fsp3) is 0.263. The van der Waals surface area contributed by atoms with Crippen LogP contribution in [0, 0.1) is 5.92 Å². The average molecular weight is 337 g/mol. The van der Waals surface area contributed by atoms with Gasteiger partial charge in [-0.25, -0.2) is 4.98 Å². The summed E-state index contributed by atoms with van der Waals surface area (Å²) in [7, 11) is 0. The highest BCUT2D eigenvalue weighted by Crippen LogP contribution is 2.19. The predicted molar refractivity (Wildman–Crippen MR) is 93.5 cm³/mol. The molecule has 1 saturated heterocycles. The van der Waals surface area contributed by atoms with E-state index in [4.69, 9.17) is 9.47 Å². The van der Waals surface area contributed by atoms with Gasteiger partial charge in [0.25, 0.3) is 0 Å². The number of nitrogens with zero attached hydrogens (tertiary/aromatic N) is 2. The van der Waals surface area contributed by atoms with Gasteiger partial charge < -0.3 is 19.2 Å². The van der Waals surface area contributed by atoms with Crippen LogP contribution in [0.2, 0.25) is 0 Å². The number of pyridine rings is 1. The van der Waals surface area contributed by atoms with E-state index in [0.717, 1.165) is 29.2 Å². The maximum Gasteiger partial charge on any atom is 0.229 e. The number of nitrogens with one attached hydrogen (secondary N) is 1. The van der Waals surface area contributed by atoms with Gasteiger partial charge in [0.15, 0.2) is 0 Å². The number of fused-ring (bicyclic) bond motifs is 1. The zero-order valence-corrected chi connectivity index (χ0v) is 13.7. The van der Waals surface area contributed by atoms with Gasteiger partial charge in [0.1, 0.15) is 18.0 Å². The van der Waals surface area contributed by atoms with E-state index >= 15 is 0 Å². The Labute approximate surface area is 145 Å². The minimum Gasteiger partial charge on any atom is -0.487 e. The molecule has 0 aliphatic carbocycles. The number of carbonyl (C=O) groups excluding carboxylic acids is 1. The van der Waals surface area contributed by atoms with Gasteiger partial charge >= 0.3 is 0 Å². The van der Waals surface area contributed by atoms with Crippen molar-refractivity contribution in [1.82, 2.24) is 9.38 Å². The monoisotopic (exact) mass is 337 g/mol. The number of hydrogen-bond donors (Lipinski definition) is 1. The number of amides is 1. The average Bonchev–Trinajstić information content (AvgIpc) is 3.30. The lowest BCUT2D eigenvalue weighted by atomic mass is 10.1. The molecule has 3 heterocycles. The third-order valence-electron chi connectivity index (χ3n) is 4.22. The van der Waals surface area contributed by atoms with Crippen molar-refractivity contribution in [3.8, 4) is 5.75 Å². The molecular weight excluding hydrogens is 318 g/mol. The maximum atomic E-state index is 12.1. The molecule has 3 aromatic rings. The molecule has 1 atom stereocenters. The normalized spacial score (nSPS) is 16.9. The molecule has 1 N–H and O–H groups in total. The first-order chi connectivity index (χ1) is 12.3. The van der Waals surface area contributed by atoms with Gasteiger partial charge in [-0.05, 0) is 42.8 Å². The summed E-state index contributed by atoms with van der Waals surface area (Å²) in [5.41, 5.74) is 2.52. The smallest absolute Gasteiger partial charge is 0.229 e. The van der Waals surface area contributed by atoms with Crippen molar-refractivity contribution >= 4 is 17.2 Å². The highest BCUT2D eigenvalue weighted by molar-refractivity contribution is 5.92. The highest BCUT2D eigenvalue weighted by atomic mass is 16.5. The number of aromatic nitrogens is 2. The molecule has 1 amide bonds. The van der Waals surface area contributed by atoms with Crippen LogP contribution in [-0.2, 0) is 16.1 Å². The minimum absolute atomic E-state index is 0.0101. The number of hydrogen-bond acceptors (Lipinski definition) is 4. The second-order valence-electron chi connectivity index (χ2n) is 6.06. The Hall–Kier alpha value is -2.86. The van der Waals surface area contributed by atoms with Gasteiger partial charge in [0, 0.05) is 24.7 Å². The van der Waals surface area contributed by atoms with E-state index in [-0.39, 0.29) is 11.8 Å². The summed E-state index contributed by atoms with van der Waals surface area (Å²) in [4.78, 5) is 16.6. The quantitative estimate of drug-likeness (QED) is 0.777. The van der Waals surface area contributed by atoms with Crippen molar-refractivity contribution in [3.05, 3.63) is 60.6 Å². The molecule has 0 radical (unpaired) electrons. The third-order valence-corrected chi connectivity index (χ3v) is 4.22. The molecule has 0 spiro atoms. The van der Waals surface area contributed by atoms with Gasteiger partial charge in [-0.3, -0.25) is 4.79 Å². The second-order valence-corrected chi connectivity index (χ2v) is 6.06. The molecule has 4 rings (SSSR count). The molecule has 25 heavy (non-hydrogen) atoms. The number of rotatable bonds is 5. The first-order valence-corrected chi connectivity index (χ1v) is 8.32. The summed E-state index contributed by atoms with van der Waals surface area (Å²) in [6.07, 6.45) is 4.69. The summed E-state index contributed by atoms with van der Waals surface area (Å²) >= 11 is 0. The van der Waals surface area contributed by atoms with Crippen molar-refractivity contribution < 1.29 is 14.3 Å². The fourth-order valence-corrected chi connectivity index (χ4v) is 2.83. The summed E-state index contributed by atoms with van der Waals surface area (Å²) in [5.74, 6) is 0.695. The molecule has 128 valence electrons. The predicted octanol–water partition coefficient (Wildman–Crippen LogP) is 2.89. The molecule has 0 bridgehead atoms. The molecule has 2 aromatic heterocycles. The van der Waals surface area contributed by atoms with E-state index in [1.807, 2.05) is 59.3 Å². The summed E-state index contributed by atoms with van der Waals surface area (Å²) in [6, 6.07) is 13.2. The van der Waals surface area contributed by atoms with E-state index in [2.05, 4.69) is 10.3 Å². The van der Waals surface area contributed by atoms with Crippen LogP contribution < -0.4 is 10.1 Å². The van der Waals surface area contributed by atoms with Crippen LogP contribution >= 0.6 is 0 Å². The molecule has 6 nitrogen and oxygen atoms in total. The van der Waals surface area contributed by atoms with Crippen LogP contribution in [0.5, 0.6) is 5.75 Å². The second kappa shape index (κ2) is 6.94. The van der Waals surface area contributed by atoms with Crippen LogP contribution in [-0.4, -0.2) is 28.5 Å². The van der Waals surface area contributed by atoms with Gasteiger partial charge in [0.2, 0.25) is 5.91 Å². The molecule has 1 aliphatic rings. The Kier molecular flexibility index (Phi) is 4.35.